The summed E-state index contributed by atoms with van der Waals surface area (Å²) in [5, 5.41) is 7.74. The summed E-state index contributed by atoms with van der Waals surface area (Å²) >= 11 is 1.33. The van der Waals surface area contributed by atoms with Gasteiger partial charge in [-0.25, -0.2) is 4.98 Å². The number of thiazole rings is 1. The van der Waals surface area contributed by atoms with Gasteiger partial charge in [-0.05, 0) is 25.5 Å². The lowest BCUT2D eigenvalue weighted by atomic mass is 10.2. The fourth-order valence-corrected chi connectivity index (χ4v) is 2.52. The normalized spacial score (nSPS) is 11.5. The van der Waals surface area contributed by atoms with E-state index >= 15 is 0 Å². The first kappa shape index (κ1) is 20.1. The molecule has 1 atom stereocenters. The molecule has 2 aromatic rings. The van der Waals surface area contributed by atoms with Crippen LogP contribution in [0.1, 0.15) is 32.4 Å². The van der Waals surface area contributed by atoms with Gasteiger partial charge in [-0.2, -0.15) is 0 Å². The highest BCUT2D eigenvalue weighted by atomic mass is 35.5. The minimum absolute atomic E-state index is 0. The summed E-state index contributed by atoms with van der Waals surface area (Å²) in [7, 11) is 0. The van der Waals surface area contributed by atoms with Crippen LogP contribution in [0, 0.1) is 0 Å². The second kappa shape index (κ2) is 9.41. The van der Waals surface area contributed by atoms with Crippen LogP contribution in [0.3, 0.4) is 0 Å². The zero-order chi connectivity index (χ0) is 16.8. The highest BCUT2D eigenvalue weighted by Crippen LogP contribution is 2.26. The van der Waals surface area contributed by atoms with Crippen LogP contribution >= 0.6 is 23.7 Å². The molecule has 1 unspecified atom stereocenters. The number of hydrogen-bond donors (Lipinski definition) is 3. The minimum Gasteiger partial charge on any atom is -0.458 e. The first-order chi connectivity index (χ1) is 10.9. The van der Waals surface area contributed by atoms with Crippen LogP contribution in [0.5, 0.6) is 0 Å². The SMILES string of the molecule is CC(=O)NCc1ccc(-c2csc(NC(=O)CCC(C)N)n2)o1.Cl. The fourth-order valence-electron chi connectivity index (χ4n) is 1.81. The number of anilines is 1. The van der Waals surface area contributed by atoms with Crippen LogP contribution in [0.2, 0.25) is 0 Å². The monoisotopic (exact) mass is 372 g/mol. The van der Waals surface area contributed by atoms with E-state index in [9.17, 15) is 9.59 Å². The predicted octanol–water partition coefficient (Wildman–Crippen LogP) is 2.53. The molecule has 0 saturated carbocycles. The molecule has 0 saturated heterocycles. The molecule has 0 aromatic carbocycles. The second-order valence-corrected chi connectivity index (χ2v) is 6.14. The van der Waals surface area contributed by atoms with Crippen LogP contribution in [0.15, 0.2) is 21.9 Å². The summed E-state index contributed by atoms with van der Waals surface area (Å²) in [4.78, 5) is 27.0. The van der Waals surface area contributed by atoms with Crippen molar-refractivity contribution in [2.45, 2.75) is 39.3 Å². The molecule has 0 bridgehead atoms. The lowest BCUT2D eigenvalue weighted by Gasteiger charge is -2.04. The molecule has 0 spiro atoms. The van der Waals surface area contributed by atoms with Gasteiger partial charge in [0.05, 0.1) is 6.54 Å². The van der Waals surface area contributed by atoms with Crippen molar-refractivity contribution < 1.29 is 14.0 Å². The van der Waals surface area contributed by atoms with E-state index in [4.69, 9.17) is 10.2 Å². The maximum absolute atomic E-state index is 11.8. The van der Waals surface area contributed by atoms with Gasteiger partial charge in [-0.3, -0.25) is 9.59 Å². The maximum Gasteiger partial charge on any atom is 0.226 e. The smallest absolute Gasteiger partial charge is 0.226 e. The molecule has 7 nitrogen and oxygen atoms in total. The van der Waals surface area contributed by atoms with Crippen molar-refractivity contribution in [1.82, 2.24) is 10.3 Å². The minimum atomic E-state index is -0.117. The number of carbonyl (C=O) groups is 2. The largest absolute Gasteiger partial charge is 0.458 e. The molecule has 0 aliphatic heterocycles. The summed E-state index contributed by atoms with van der Waals surface area (Å²) in [6.07, 6.45) is 1.00. The number of furan rings is 1. The van der Waals surface area contributed by atoms with E-state index in [1.165, 1.54) is 18.3 Å². The molecule has 0 aliphatic rings. The summed E-state index contributed by atoms with van der Waals surface area (Å²) in [6.45, 7) is 3.65. The number of nitrogens with two attached hydrogens (primary N) is 1. The first-order valence-corrected chi connectivity index (χ1v) is 8.16. The summed E-state index contributed by atoms with van der Waals surface area (Å²) < 4.78 is 5.62. The quantitative estimate of drug-likeness (QED) is 0.691. The van der Waals surface area contributed by atoms with Crippen LogP contribution in [-0.2, 0) is 16.1 Å². The van der Waals surface area contributed by atoms with Crippen molar-refractivity contribution in [2.24, 2.45) is 5.73 Å². The third-order valence-corrected chi connectivity index (χ3v) is 3.76. The third-order valence-electron chi connectivity index (χ3n) is 3.00. The summed E-state index contributed by atoms with van der Waals surface area (Å²) in [5.41, 5.74) is 6.27. The summed E-state index contributed by atoms with van der Waals surface area (Å²) in [5.74, 6) is 1.02. The Labute approximate surface area is 150 Å². The number of nitrogens with zero attached hydrogens (tertiary/aromatic N) is 1. The van der Waals surface area contributed by atoms with Crippen LogP contribution in [-0.4, -0.2) is 22.8 Å². The number of amides is 2. The van der Waals surface area contributed by atoms with Gasteiger partial charge in [0.1, 0.15) is 11.5 Å². The Kier molecular flexibility index (Phi) is 7.90. The van der Waals surface area contributed by atoms with E-state index in [0.29, 0.717) is 41.7 Å². The number of halogens is 1. The lowest BCUT2D eigenvalue weighted by Crippen LogP contribution is -2.19. The van der Waals surface area contributed by atoms with Gasteiger partial charge < -0.3 is 20.8 Å². The topological polar surface area (TPSA) is 110 Å². The van der Waals surface area contributed by atoms with Crippen molar-refractivity contribution in [3.05, 3.63) is 23.3 Å². The molecule has 2 rings (SSSR count). The van der Waals surface area contributed by atoms with Crippen molar-refractivity contribution >= 4 is 40.7 Å². The van der Waals surface area contributed by atoms with E-state index < -0.39 is 0 Å². The van der Waals surface area contributed by atoms with Crippen LogP contribution < -0.4 is 16.4 Å². The fraction of sp³-hybridized carbons (Fsp3) is 0.400. The third kappa shape index (κ3) is 6.31. The molecule has 2 aromatic heterocycles. The van der Waals surface area contributed by atoms with E-state index in [2.05, 4.69) is 15.6 Å². The molecule has 0 aliphatic carbocycles. The lowest BCUT2D eigenvalue weighted by molar-refractivity contribution is -0.119. The molecule has 2 amide bonds. The van der Waals surface area contributed by atoms with E-state index in [1.54, 1.807) is 12.1 Å². The average molecular weight is 373 g/mol. The van der Waals surface area contributed by atoms with Crippen molar-refractivity contribution in [2.75, 3.05) is 5.32 Å². The van der Waals surface area contributed by atoms with Gasteiger partial charge >= 0.3 is 0 Å². The van der Waals surface area contributed by atoms with Crippen LogP contribution in [0.4, 0.5) is 5.13 Å². The van der Waals surface area contributed by atoms with E-state index in [0.717, 1.165) is 0 Å². The number of nitrogens with one attached hydrogen (secondary N) is 2. The van der Waals surface area contributed by atoms with Gasteiger partial charge in [-0.1, -0.05) is 0 Å². The highest BCUT2D eigenvalue weighted by Gasteiger charge is 2.11. The number of carbonyl (C=O) groups excluding carboxylic acids is 2. The zero-order valence-corrected chi connectivity index (χ0v) is 15.1. The number of aromatic nitrogens is 1. The second-order valence-electron chi connectivity index (χ2n) is 5.28. The van der Waals surface area contributed by atoms with Crippen molar-refractivity contribution in [1.29, 1.82) is 0 Å². The number of rotatable bonds is 7. The molecule has 24 heavy (non-hydrogen) atoms. The molecule has 4 N–H and O–H groups in total. The van der Waals surface area contributed by atoms with Gasteiger partial charge in [0.15, 0.2) is 10.9 Å². The maximum atomic E-state index is 11.8. The van der Waals surface area contributed by atoms with E-state index in [1.807, 2.05) is 12.3 Å². The molecular weight excluding hydrogens is 352 g/mol. The zero-order valence-electron chi connectivity index (χ0n) is 13.5. The molecule has 2 heterocycles. The Hall–Kier alpha value is -1.90. The predicted molar refractivity (Wildman–Crippen MR) is 96.1 cm³/mol. The molecule has 132 valence electrons. The Morgan fingerprint density at radius 1 is 1.42 bits per heavy atom. The molecule has 9 heteroatoms. The van der Waals surface area contributed by atoms with E-state index in [-0.39, 0.29) is 30.3 Å². The Balaban J connectivity index is 0.00000288. The average Bonchev–Trinajstić information content (AvgIpc) is 3.11. The Bertz CT molecular complexity index is 684. The van der Waals surface area contributed by atoms with Gasteiger partial charge in [0, 0.05) is 24.8 Å². The molecule has 0 fully saturated rings. The van der Waals surface area contributed by atoms with Gasteiger partial charge in [0.2, 0.25) is 11.8 Å². The van der Waals surface area contributed by atoms with Crippen LogP contribution in [0.25, 0.3) is 11.5 Å². The highest BCUT2D eigenvalue weighted by molar-refractivity contribution is 7.14. The van der Waals surface area contributed by atoms with Gasteiger partial charge in [-0.15, -0.1) is 23.7 Å². The summed E-state index contributed by atoms with van der Waals surface area (Å²) in [6, 6.07) is 3.57. The van der Waals surface area contributed by atoms with Gasteiger partial charge in [0.25, 0.3) is 0 Å². The van der Waals surface area contributed by atoms with Crippen molar-refractivity contribution in [3.63, 3.8) is 0 Å². The Morgan fingerprint density at radius 3 is 2.83 bits per heavy atom. The molecule has 0 radical (unpaired) electrons. The Morgan fingerprint density at radius 2 is 2.17 bits per heavy atom. The standard InChI is InChI=1S/C15H20N4O3S.ClH/c1-9(16)3-6-14(21)19-15-18-12(8-23-15)13-5-4-11(22-13)7-17-10(2)20;/h4-5,8-9H,3,6-7,16H2,1-2H3,(H,17,20)(H,18,19,21);1H. The number of hydrogen-bond acceptors (Lipinski definition) is 6. The van der Waals surface area contributed by atoms with Crippen molar-refractivity contribution in [3.8, 4) is 11.5 Å². The molecular formula is C15H21ClN4O3S. The first-order valence-electron chi connectivity index (χ1n) is 7.28.